The van der Waals surface area contributed by atoms with Crippen molar-refractivity contribution in [3.8, 4) is 0 Å². The second-order valence-electron chi connectivity index (χ2n) is 5.11. The highest BCUT2D eigenvalue weighted by Gasteiger charge is 2.32. The van der Waals surface area contributed by atoms with E-state index in [0.29, 0.717) is 0 Å². The molecule has 0 saturated carbocycles. The van der Waals surface area contributed by atoms with Gasteiger partial charge in [0.05, 0.1) is 12.1 Å². The lowest BCUT2D eigenvalue weighted by Gasteiger charge is -2.36. The number of hydrogen-bond donors (Lipinski definition) is 1. The van der Waals surface area contributed by atoms with E-state index in [1.807, 2.05) is 0 Å². The fraction of sp³-hybridized carbons (Fsp3) is 0.692. The Hall–Kier alpha value is -0.380. The topological polar surface area (TPSA) is 21.3 Å². The molecule has 1 heterocycles. The SMILES string of the molecule is CCNC(c1ccsc1)C(OC)C(C)(C)C. The van der Waals surface area contributed by atoms with Gasteiger partial charge >= 0.3 is 0 Å². The molecule has 2 nitrogen and oxygen atoms in total. The Balaban J connectivity index is 2.92. The average Bonchev–Trinajstić information content (AvgIpc) is 2.68. The second-order valence-corrected chi connectivity index (χ2v) is 5.89. The molecule has 0 aliphatic carbocycles. The Morgan fingerprint density at radius 1 is 1.44 bits per heavy atom. The summed E-state index contributed by atoms with van der Waals surface area (Å²) < 4.78 is 5.70. The van der Waals surface area contributed by atoms with E-state index in [1.165, 1.54) is 5.56 Å². The Bertz CT molecular complexity index is 289. The van der Waals surface area contributed by atoms with E-state index in [0.717, 1.165) is 6.54 Å². The van der Waals surface area contributed by atoms with Crippen molar-refractivity contribution in [1.82, 2.24) is 5.32 Å². The summed E-state index contributed by atoms with van der Waals surface area (Å²) in [4.78, 5) is 0. The van der Waals surface area contributed by atoms with E-state index in [9.17, 15) is 0 Å². The normalized spacial score (nSPS) is 16.1. The molecule has 0 bridgehead atoms. The van der Waals surface area contributed by atoms with Crippen LogP contribution in [0, 0.1) is 5.41 Å². The van der Waals surface area contributed by atoms with E-state index < -0.39 is 0 Å². The van der Waals surface area contributed by atoms with Crippen molar-refractivity contribution in [3.05, 3.63) is 22.4 Å². The molecule has 1 rings (SSSR count). The van der Waals surface area contributed by atoms with Crippen molar-refractivity contribution in [1.29, 1.82) is 0 Å². The summed E-state index contributed by atoms with van der Waals surface area (Å²) in [6.07, 6.45) is 0.182. The highest BCUT2D eigenvalue weighted by Crippen LogP contribution is 2.33. The summed E-state index contributed by atoms with van der Waals surface area (Å²) in [5.74, 6) is 0. The van der Waals surface area contributed by atoms with Crippen LogP contribution in [-0.2, 0) is 4.74 Å². The Kier molecular flexibility index (Phi) is 4.96. The van der Waals surface area contributed by atoms with Crippen LogP contribution < -0.4 is 5.32 Å². The zero-order valence-corrected chi connectivity index (χ0v) is 11.7. The van der Waals surface area contributed by atoms with Gasteiger partial charge in [-0.25, -0.2) is 0 Å². The van der Waals surface area contributed by atoms with Crippen LogP contribution >= 0.6 is 11.3 Å². The van der Waals surface area contributed by atoms with Crippen molar-refractivity contribution in [2.24, 2.45) is 5.41 Å². The first-order chi connectivity index (χ1) is 7.50. The van der Waals surface area contributed by atoms with Gasteiger partial charge in [0, 0.05) is 7.11 Å². The summed E-state index contributed by atoms with van der Waals surface area (Å²) in [5, 5.41) is 7.84. The van der Waals surface area contributed by atoms with Gasteiger partial charge < -0.3 is 10.1 Å². The van der Waals surface area contributed by atoms with Gasteiger partial charge in [0.25, 0.3) is 0 Å². The summed E-state index contributed by atoms with van der Waals surface area (Å²) >= 11 is 1.74. The number of rotatable bonds is 5. The molecular weight excluding hydrogens is 218 g/mol. The molecule has 0 aliphatic heterocycles. The minimum atomic E-state index is 0.128. The number of thiophene rings is 1. The number of nitrogens with one attached hydrogen (secondary N) is 1. The van der Waals surface area contributed by atoms with Gasteiger partial charge in [0.1, 0.15) is 0 Å². The summed E-state index contributed by atoms with van der Waals surface area (Å²) in [6, 6.07) is 2.46. The molecule has 0 radical (unpaired) electrons. The number of hydrogen-bond acceptors (Lipinski definition) is 3. The summed E-state index contributed by atoms with van der Waals surface area (Å²) in [5.41, 5.74) is 1.46. The third kappa shape index (κ3) is 3.30. The van der Waals surface area contributed by atoms with Gasteiger partial charge in [-0.15, -0.1) is 0 Å². The zero-order valence-electron chi connectivity index (χ0n) is 10.9. The monoisotopic (exact) mass is 241 g/mol. The lowest BCUT2D eigenvalue weighted by atomic mass is 9.82. The second kappa shape index (κ2) is 5.80. The predicted octanol–water partition coefficient (Wildman–Crippen LogP) is 3.46. The molecule has 1 aromatic heterocycles. The summed E-state index contributed by atoms with van der Waals surface area (Å²) in [6.45, 7) is 9.75. The van der Waals surface area contributed by atoms with Crippen molar-refractivity contribution in [3.63, 3.8) is 0 Å². The fourth-order valence-corrected chi connectivity index (χ4v) is 2.76. The minimum absolute atomic E-state index is 0.128. The third-order valence-corrected chi connectivity index (χ3v) is 3.44. The quantitative estimate of drug-likeness (QED) is 0.852. The van der Waals surface area contributed by atoms with E-state index in [1.54, 1.807) is 18.4 Å². The third-order valence-electron chi connectivity index (χ3n) is 2.74. The van der Waals surface area contributed by atoms with E-state index >= 15 is 0 Å². The van der Waals surface area contributed by atoms with Crippen LogP contribution in [0.25, 0.3) is 0 Å². The van der Waals surface area contributed by atoms with Crippen LogP contribution in [0.15, 0.2) is 16.8 Å². The van der Waals surface area contributed by atoms with Gasteiger partial charge in [-0.05, 0) is 34.3 Å². The molecule has 16 heavy (non-hydrogen) atoms. The Morgan fingerprint density at radius 2 is 2.12 bits per heavy atom. The van der Waals surface area contributed by atoms with Crippen molar-refractivity contribution in [2.75, 3.05) is 13.7 Å². The van der Waals surface area contributed by atoms with Gasteiger partial charge in [0.15, 0.2) is 0 Å². The van der Waals surface area contributed by atoms with Crippen LogP contribution in [0.4, 0.5) is 0 Å². The minimum Gasteiger partial charge on any atom is -0.379 e. The van der Waals surface area contributed by atoms with Gasteiger partial charge in [-0.2, -0.15) is 11.3 Å². The van der Waals surface area contributed by atoms with Crippen LogP contribution in [0.2, 0.25) is 0 Å². The van der Waals surface area contributed by atoms with E-state index in [2.05, 4.69) is 49.8 Å². The largest absolute Gasteiger partial charge is 0.379 e. The Morgan fingerprint density at radius 3 is 2.50 bits per heavy atom. The lowest BCUT2D eigenvalue weighted by Crippen LogP contribution is -2.41. The van der Waals surface area contributed by atoms with Gasteiger partial charge in [-0.3, -0.25) is 0 Å². The van der Waals surface area contributed by atoms with Crippen molar-refractivity contribution >= 4 is 11.3 Å². The fourth-order valence-electron chi connectivity index (χ4n) is 2.06. The maximum atomic E-state index is 5.70. The van der Waals surface area contributed by atoms with Crippen molar-refractivity contribution in [2.45, 2.75) is 39.8 Å². The molecule has 0 aliphatic rings. The molecule has 1 N–H and O–H groups in total. The smallest absolute Gasteiger partial charge is 0.0814 e. The average molecular weight is 241 g/mol. The zero-order chi connectivity index (χ0) is 12.2. The molecule has 2 atom stereocenters. The number of likely N-dealkylation sites (N-methyl/N-ethyl adjacent to an activating group) is 1. The molecule has 1 aromatic rings. The van der Waals surface area contributed by atoms with E-state index in [4.69, 9.17) is 4.74 Å². The maximum Gasteiger partial charge on any atom is 0.0814 e. The van der Waals surface area contributed by atoms with Crippen LogP contribution in [0.5, 0.6) is 0 Å². The molecule has 0 saturated heterocycles. The molecule has 0 fully saturated rings. The standard InChI is InChI=1S/C13H23NOS/c1-6-14-11(10-7-8-16-9-10)12(15-5)13(2,3)4/h7-9,11-12,14H,6H2,1-5H3. The molecular formula is C13H23NOS. The number of ether oxygens (including phenoxy) is 1. The van der Waals surface area contributed by atoms with Crippen LogP contribution in [-0.4, -0.2) is 19.8 Å². The highest BCUT2D eigenvalue weighted by molar-refractivity contribution is 7.07. The number of methoxy groups -OCH3 is 1. The highest BCUT2D eigenvalue weighted by atomic mass is 32.1. The molecule has 92 valence electrons. The van der Waals surface area contributed by atoms with Crippen molar-refractivity contribution < 1.29 is 4.74 Å². The van der Waals surface area contributed by atoms with Crippen LogP contribution in [0.3, 0.4) is 0 Å². The van der Waals surface area contributed by atoms with Crippen LogP contribution in [0.1, 0.15) is 39.3 Å². The Labute approximate surface area is 103 Å². The first-order valence-electron chi connectivity index (χ1n) is 5.79. The van der Waals surface area contributed by atoms with E-state index in [-0.39, 0.29) is 17.6 Å². The molecule has 0 amide bonds. The molecule has 0 aromatic carbocycles. The molecule has 0 spiro atoms. The van der Waals surface area contributed by atoms with Gasteiger partial charge in [-0.1, -0.05) is 27.7 Å². The first kappa shape index (κ1) is 13.7. The molecule has 3 heteroatoms. The van der Waals surface area contributed by atoms with Gasteiger partial charge in [0.2, 0.25) is 0 Å². The first-order valence-corrected chi connectivity index (χ1v) is 6.73. The lowest BCUT2D eigenvalue weighted by molar-refractivity contribution is -0.0115. The summed E-state index contributed by atoms with van der Waals surface area (Å²) in [7, 11) is 1.80. The predicted molar refractivity (Wildman–Crippen MR) is 71.0 cm³/mol. The maximum absolute atomic E-state index is 5.70. The molecule has 2 unspecified atom stereocenters.